The van der Waals surface area contributed by atoms with Gasteiger partial charge in [0.15, 0.2) is 0 Å². The Morgan fingerprint density at radius 1 is 0.444 bits per heavy atom. The van der Waals surface area contributed by atoms with E-state index in [-0.39, 0.29) is 11.1 Å². The Labute approximate surface area is 280 Å². The minimum Gasteiger partial charge on any atom is -0.478 e. The van der Waals surface area contributed by atoms with Gasteiger partial charge in [0, 0.05) is 9.79 Å². The Morgan fingerprint density at radius 2 is 0.644 bits per heavy atom. The van der Waals surface area contributed by atoms with Crippen LogP contribution in [0, 0.1) is 0 Å². The Kier molecular flexibility index (Phi) is 23.5. The summed E-state index contributed by atoms with van der Waals surface area (Å²) < 4.78 is 2.75. The van der Waals surface area contributed by atoms with E-state index >= 15 is 0 Å². The lowest BCUT2D eigenvalue weighted by Crippen LogP contribution is -2.50. The molecule has 0 unspecified atom stereocenters. The molecule has 0 saturated carbocycles. The van der Waals surface area contributed by atoms with Crippen molar-refractivity contribution in [3.05, 3.63) is 59.7 Å². The van der Waals surface area contributed by atoms with Gasteiger partial charge in [-0.05, 0) is 99.9 Å². The van der Waals surface area contributed by atoms with Gasteiger partial charge < -0.3 is 19.2 Å². The monoisotopic (exact) mass is 646 g/mol. The second-order valence-corrected chi connectivity index (χ2v) is 13.4. The number of benzene rings is 2. The van der Waals surface area contributed by atoms with E-state index in [0.29, 0.717) is 0 Å². The van der Waals surface area contributed by atoms with Crippen LogP contribution in [0.4, 0.5) is 0 Å². The van der Waals surface area contributed by atoms with Crippen molar-refractivity contribution >= 4 is 23.7 Å². The van der Waals surface area contributed by atoms with Crippen molar-refractivity contribution in [2.24, 2.45) is 0 Å². The standard InChI is InChI=1S/C14H10O4S.2C12H28N/c15-13(16)9-1-5-11(6-2-9)19-12-7-3-10(4-8-12)14(17)18;2*1-5-9-13(10-6-2,11-7-3)12-8-4/h1-8H,(H,15,16)(H,17,18);2*5-12H2,1-4H3/q;2*+1. The van der Waals surface area contributed by atoms with Crippen LogP contribution in [0.15, 0.2) is 58.3 Å². The number of aromatic carboxylic acids is 2. The SMILES string of the molecule is CCC[N+](CCC)(CCC)CCC.CCC[N+](CCC)(CCC)CCC.O=C(O)c1ccc(Sc2ccc(C(=O)O)cc2)cc1. The quantitative estimate of drug-likeness (QED) is 0.140. The number of carboxylic acid groups (broad SMARTS) is 2. The molecule has 0 saturated heterocycles. The molecule has 0 spiro atoms. The zero-order chi connectivity index (χ0) is 34.1. The molecule has 0 heterocycles. The van der Waals surface area contributed by atoms with Gasteiger partial charge in [-0.2, -0.15) is 0 Å². The van der Waals surface area contributed by atoms with Gasteiger partial charge >= 0.3 is 11.9 Å². The topological polar surface area (TPSA) is 74.6 Å². The van der Waals surface area contributed by atoms with Gasteiger partial charge in [0.05, 0.1) is 63.5 Å². The zero-order valence-corrected chi connectivity index (χ0v) is 30.8. The summed E-state index contributed by atoms with van der Waals surface area (Å²) in [5.41, 5.74) is 0.483. The first-order chi connectivity index (χ1) is 21.5. The molecule has 2 rings (SSSR count). The van der Waals surface area contributed by atoms with E-state index in [9.17, 15) is 9.59 Å². The Hall–Kier alpha value is -2.35. The molecule has 0 fully saturated rings. The fraction of sp³-hybridized carbons (Fsp3) is 0.632. The summed E-state index contributed by atoms with van der Waals surface area (Å²) in [4.78, 5) is 23.2. The van der Waals surface area contributed by atoms with Crippen LogP contribution in [0.2, 0.25) is 0 Å². The fourth-order valence-electron chi connectivity index (χ4n) is 6.60. The summed E-state index contributed by atoms with van der Waals surface area (Å²) in [6.07, 6.45) is 10.7. The lowest BCUT2D eigenvalue weighted by molar-refractivity contribution is -0.928. The van der Waals surface area contributed by atoms with Crippen molar-refractivity contribution in [2.75, 3.05) is 52.4 Å². The van der Waals surface area contributed by atoms with Gasteiger partial charge in [-0.3, -0.25) is 0 Å². The van der Waals surface area contributed by atoms with Gasteiger partial charge in [-0.1, -0.05) is 67.2 Å². The van der Waals surface area contributed by atoms with E-state index in [2.05, 4.69) is 55.4 Å². The molecule has 0 aliphatic carbocycles. The van der Waals surface area contributed by atoms with Crippen molar-refractivity contribution in [2.45, 2.75) is 117 Å². The first-order valence-electron chi connectivity index (χ1n) is 17.6. The number of quaternary nitrogens is 2. The molecule has 45 heavy (non-hydrogen) atoms. The third kappa shape index (κ3) is 17.2. The Morgan fingerprint density at radius 3 is 0.800 bits per heavy atom. The average Bonchev–Trinajstić information content (AvgIpc) is 2.99. The van der Waals surface area contributed by atoms with Crippen LogP contribution in [0.3, 0.4) is 0 Å². The highest BCUT2D eigenvalue weighted by molar-refractivity contribution is 7.99. The zero-order valence-electron chi connectivity index (χ0n) is 29.9. The summed E-state index contributed by atoms with van der Waals surface area (Å²) >= 11 is 1.44. The van der Waals surface area contributed by atoms with Crippen LogP contribution >= 0.6 is 11.8 Å². The van der Waals surface area contributed by atoms with Crippen molar-refractivity contribution in [3.63, 3.8) is 0 Å². The van der Waals surface area contributed by atoms with Gasteiger partial charge in [-0.25, -0.2) is 9.59 Å². The predicted octanol–water partition coefficient (Wildman–Crippen LogP) is 10.1. The molecule has 2 N–H and O–H groups in total. The van der Waals surface area contributed by atoms with Crippen molar-refractivity contribution in [1.29, 1.82) is 0 Å². The maximum Gasteiger partial charge on any atom is 0.335 e. The molecule has 0 atom stereocenters. The van der Waals surface area contributed by atoms with Gasteiger partial charge in [-0.15, -0.1) is 0 Å². The second-order valence-electron chi connectivity index (χ2n) is 12.2. The minimum absolute atomic E-state index is 0.241. The molecule has 0 amide bonds. The lowest BCUT2D eigenvalue weighted by atomic mass is 10.2. The van der Waals surface area contributed by atoms with E-state index < -0.39 is 11.9 Å². The Balaban J connectivity index is 0.000000668. The molecule has 0 aliphatic heterocycles. The van der Waals surface area contributed by atoms with Crippen LogP contribution in [0.5, 0.6) is 0 Å². The minimum atomic E-state index is -0.956. The summed E-state index contributed by atoms with van der Waals surface area (Å²) in [6, 6.07) is 13.0. The van der Waals surface area contributed by atoms with Crippen LogP contribution in [-0.2, 0) is 0 Å². The summed E-state index contributed by atoms with van der Waals surface area (Å²) in [7, 11) is 0. The normalized spacial score (nSPS) is 11.2. The molecular weight excluding hydrogens is 580 g/mol. The van der Waals surface area contributed by atoms with E-state index in [1.165, 1.54) is 149 Å². The van der Waals surface area contributed by atoms with Crippen molar-refractivity contribution in [3.8, 4) is 0 Å². The fourth-order valence-corrected chi connectivity index (χ4v) is 7.42. The summed E-state index contributed by atoms with van der Waals surface area (Å²) in [6.45, 7) is 29.6. The molecule has 0 aliphatic rings. The largest absolute Gasteiger partial charge is 0.478 e. The van der Waals surface area contributed by atoms with Crippen molar-refractivity contribution in [1.82, 2.24) is 0 Å². The number of carboxylic acids is 2. The first kappa shape index (κ1) is 42.6. The third-order valence-corrected chi connectivity index (χ3v) is 9.04. The average molecular weight is 647 g/mol. The van der Waals surface area contributed by atoms with Crippen LogP contribution in [0.25, 0.3) is 0 Å². The van der Waals surface area contributed by atoms with Crippen molar-refractivity contribution < 1.29 is 28.8 Å². The summed E-state index contributed by atoms with van der Waals surface area (Å²) in [5.74, 6) is -1.91. The number of nitrogens with zero attached hydrogens (tertiary/aromatic N) is 2. The Bertz CT molecular complexity index is 898. The molecule has 0 bridgehead atoms. The molecule has 2 aromatic rings. The number of hydrogen-bond acceptors (Lipinski definition) is 3. The van der Waals surface area contributed by atoms with Gasteiger partial charge in [0.25, 0.3) is 0 Å². The number of rotatable bonds is 20. The van der Waals surface area contributed by atoms with Crippen LogP contribution in [-0.4, -0.2) is 83.5 Å². The van der Waals surface area contributed by atoms with E-state index in [4.69, 9.17) is 10.2 Å². The lowest BCUT2D eigenvalue weighted by Gasteiger charge is -2.38. The number of carbonyl (C=O) groups is 2. The number of hydrogen-bond donors (Lipinski definition) is 2. The van der Waals surface area contributed by atoms with Crippen LogP contribution in [0.1, 0.15) is 127 Å². The molecule has 0 radical (unpaired) electrons. The maximum atomic E-state index is 10.7. The highest BCUT2D eigenvalue weighted by atomic mass is 32.2. The highest BCUT2D eigenvalue weighted by Crippen LogP contribution is 2.28. The third-order valence-electron chi connectivity index (χ3n) is 8.02. The smallest absolute Gasteiger partial charge is 0.335 e. The van der Waals surface area contributed by atoms with Gasteiger partial charge in [0.2, 0.25) is 0 Å². The van der Waals surface area contributed by atoms with Crippen LogP contribution < -0.4 is 0 Å². The molecular formula is C38H66N2O4S+2. The molecule has 2 aromatic carbocycles. The molecule has 0 aromatic heterocycles. The second kappa shape index (κ2) is 24.8. The van der Waals surface area contributed by atoms with Gasteiger partial charge in [0.1, 0.15) is 0 Å². The highest BCUT2D eigenvalue weighted by Gasteiger charge is 2.23. The summed E-state index contributed by atoms with van der Waals surface area (Å²) in [5, 5.41) is 17.6. The van der Waals surface area contributed by atoms with E-state index in [0.717, 1.165) is 9.79 Å². The maximum absolute atomic E-state index is 10.7. The van der Waals surface area contributed by atoms with E-state index in [1.807, 2.05) is 0 Å². The molecule has 256 valence electrons. The van der Waals surface area contributed by atoms with E-state index in [1.54, 1.807) is 24.3 Å². The molecule has 6 nitrogen and oxygen atoms in total. The molecule has 7 heteroatoms. The first-order valence-corrected chi connectivity index (χ1v) is 18.4. The predicted molar refractivity (Wildman–Crippen MR) is 193 cm³/mol.